The van der Waals surface area contributed by atoms with E-state index < -0.39 is 0 Å². The van der Waals surface area contributed by atoms with Crippen LogP contribution in [0.2, 0.25) is 5.02 Å². The van der Waals surface area contributed by atoms with E-state index in [1.54, 1.807) is 18.4 Å². The summed E-state index contributed by atoms with van der Waals surface area (Å²) in [6.45, 7) is 3.27. The molecule has 0 aliphatic heterocycles. The highest BCUT2D eigenvalue weighted by molar-refractivity contribution is 14.0. The SMILES string of the molecule is CN=C(NCCC(=O)Nc1cccc(Cl)c1C)N(C)CCc1cccs1.I. The van der Waals surface area contributed by atoms with Gasteiger partial charge in [-0.1, -0.05) is 23.7 Å². The van der Waals surface area contributed by atoms with Crippen molar-refractivity contribution >= 4 is 64.5 Å². The number of halogens is 2. The van der Waals surface area contributed by atoms with Crippen LogP contribution in [-0.4, -0.2) is 44.0 Å². The smallest absolute Gasteiger partial charge is 0.226 e. The minimum atomic E-state index is -0.0560. The van der Waals surface area contributed by atoms with Gasteiger partial charge >= 0.3 is 0 Å². The summed E-state index contributed by atoms with van der Waals surface area (Å²) < 4.78 is 0. The van der Waals surface area contributed by atoms with Gasteiger partial charge in [0.2, 0.25) is 5.91 Å². The lowest BCUT2D eigenvalue weighted by atomic mass is 10.2. The molecule has 0 spiro atoms. The third-order valence-electron chi connectivity index (χ3n) is 4.02. The summed E-state index contributed by atoms with van der Waals surface area (Å²) in [7, 11) is 3.75. The summed E-state index contributed by atoms with van der Waals surface area (Å²) >= 11 is 7.84. The van der Waals surface area contributed by atoms with Crippen LogP contribution in [0.4, 0.5) is 5.69 Å². The molecule has 0 saturated carbocycles. The van der Waals surface area contributed by atoms with Gasteiger partial charge in [0.15, 0.2) is 5.96 Å². The molecule has 0 saturated heterocycles. The van der Waals surface area contributed by atoms with Gasteiger partial charge in [-0.2, -0.15) is 0 Å². The third kappa shape index (κ3) is 7.67. The van der Waals surface area contributed by atoms with E-state index in [-0.39, 0.29) is 29.9 Å². The van der Waals surface area contributed by atoms with Crippen LogP contribution in [0, 0.1) is 6.92 Å². The molecule has 27 heavy (non-hydrogen) atoms. The summed E-state index contributed by atoms with van der Waals surface area (Å²) in [5, 5.41) is 8.87. The van der Waals surface area contributed by atoms with Crippen LogP contribution in [-0.2, 0) is 11.2 Å². The molecule has 2 aromatic rings. The van der Waals surface area contributed by atoms with E-state index in [9.17, 15) is 4.79 Å². The van der Waals surface area contributed by atoms with Gasteiger partial charge in [0, 0.05) is 49.2 Å². The Morgan fingerprint density at radius 3 is 2.74 bits per heavy atom. The highest BCUT2D eigenvalue weighted by Gasteiger charge is 2.09. The van der Waals surface area contributed by atoms with E-state index in [0.29, 0.717) is 18.0 Å². The monoisotopic (exact) mass is 520 g/mol. The molecule has 1 amide bonds. The number of carbonyl (C=O) groups is 1. The van der Waals surface area contributed by atoms with E-state index in [1.807, 2.05) is 32.2 Å². The molecule has 2 rings (SSSR count). The Labute approximate surface area is 187 Å². The number of rotatable bonds is 7. The van der Waals surface area contributed by atoms with Gasteiger partial charge in [0.25, 0.3) is 0 Å². The largest absolute Gasteiger partial charge is 0.356 e. The Bertz CT molecular complexity index is 752. The third-order valence-corrected chi connectivity index (χ3v) is 5.37. The van der Waals surface area contributed by atoms with Crippen LogP contribution in [0.1, 0.15) is 16.9 Å². The van der Waals surface area contributed by atoms with E-state index in [4.69, 9.17) is 11.6 Å². The fourth-order valence-electron chi connectivity index (χ4n) is 2.47. The first-order valence-corrected chi connectivity index (χ1v) is 9.76. The Morgan fingerprint density at radius 1 is 1.30 bits per heavy atom. The van der Waals surface area contributed by atoms with Gasteiger partial charge in [0.1, 0.15) is 0 Å². The molecule has 148 valence electrons. The Balaban J connectivity index is 0.00000364. The number of amides is 1. The fourth-order valence-corrected chi connectivity index (χ4v) is 3.34. The lowest BCUT2D eigenvalue weighted by molar-refractivity contribution is -0.116. The van der Waals surface area contributed by atoms with Crippen LogP contribution in [0.3, 0.4) is 0 Å². The lowest BCUT2D eigenvalue weighted by Crippen LogP contribution is -2.41. The van der Waals surface area contributed by atoms with Crippen molar-refractivity contribution in [3.63, 3.8) is 0 Å². The zero-order valence-corrected chi connectivity index (χ0v) is 19.7. The van der Waals surface area contributed by atoms with Gasteiger partial charge in [-0.3, -0.25) is 9.79 Å². The summed E-state index contributed by atoms with van der Waals surface area (Å²) in [4.78, 5) is 19.8. The molecular formula is C19H26ClIN4OS. The first kappa shape index (κ1) is 23.7. The normalized spacial score (nSPS) is 10.9. The number of guanidine groups is 1. The maximum absolute atomic E-state index is 12.2. The molecule has 1 aromatic heterocycles. The summed E-state index contributed by atoms with van der Waals surface area (Å²) in [5.74, 6) is 0.729. The summed E-state index contributed by atoms with van der Waals surface area (Å²) in [6.07, 6.45) is 1.33. The summed E-state index contributed by atoms with van der Waals surface area (Å²) in [5.41, 5.74) is 1.62. The van der Waals surface area contributed by atoms with E-state index >= 15 is 0 Å². The van der Waals surface area contributed by atoms with E-state index in [1.165, 1.54) is 4.88 Å². The van der Waals surface area contributed by atoms with Crippen LogP contribution >= 0.6 is 46.9 Å². The lowest BCUT2D eigenvalue weighted by Gasteiger charge is -2.21. The molecule has 0 radical (unpaired) electrons. The number of thiophene rings is 1. The van der Waals surface area contributed by atoms with Crippen LogP contribution < -0.4 is 10.6 Å². The average Bonchev–Trinajstić information content (AvgIpc) is 3.14. The first-order valence-electron chi connectivity index (χ1n) is 8.50. The molecule has 0 bridgehead atoms. The standard InChI is InChI=1S/C19H25ClN4OS.HI/c1-14-16(20)7-4-8-17(14)23-18(25)9-11-22-19(21-2)24(3)12-10-15-6-5-13-26-15;/h4-8,13H,9-12H2,1-3H3,(H,21,22)(H,23,25);1H. The predicted molar refractivity (Wildman–Crippen MR) is 127 cm³/mol. The van der Waals surface area contributed by atoms with Crippen molar-refractivity contribution < 1.29 is 4.79 Å². The fraction of sp³-hybridized carbons (Fsp3) is 0.368. The first-order chi connectivity index (χ1) is 12.5. The second-order valence-electron chi connectivity index (χ2n) is 5.94. The van der Waals surface area contributed by atoms with Crippen molar-refractivity contribution in [2.45, 2.75) is 19.8 Å². The predicted octanol–water partition coefficient (Wildman–Crippen LogP) is 4.41. The second-order valence-corrected chi connectivity index (χ2v) is 7.37. The number of aliphatic imine (C=N–C) groups is 1. The van der Waals surface area contributed by atoms with Crippen molar-refractivity contribution in [2.75, 3.05) is 32.5 Å². The topological polar surface area (TPSA) is 56.7 Å². The van der Waals surface area contributed by atoms with E-state index in [2.05, 4.69) is 38.0 Å². The zero-order chi connectivity index (χ0) is 18.9. The Hall–Kier alpha value is -1.32. The molecule has 0 aliphatic rings. The van der Waals surface area contributed by atoms with Crippen LogP contribution in [0.15, 0.2) is 40.7 Å². The molecule has 8 heteroatoms. The number of anilines is 1. The quantitative estimate of drug-likeness (QED) is 0.323. The number of hydrogen-bond donors (Lipinski definition) is 2. The number of likely N-dealkylation sites (N-methyl/N-ethyl adjacent to an activating group) is 1. The molecule has 0 unspecified atom stereocenters. The second kappa shape index (κ2) is 12.2. The van der Waals surface area contributed by atoms with Gasteiger partial charge < -0.3 is 15.5 Å². The number of nitrogens with one attached hydrogen (secondary N) is 2. The van der Waals surface area contributed by atoms with Crippen molar-refractivity contribution in [1.29, 1.82) is 0 Å². The van der Waals surface area contributed by atoms with Gasteiger partial charge in [0.05, 0.1) is 0 Å². The number of hydrogen-bond acceptors (Lipinski definition) is 3. The molecule has 0 aliphatic carbocycles. The molecule has 1 aromatic carbocycles. The average molecular weight is 521 g/mol. The van der Waals surface area contributed by atoms with Crippen molar-refractivity contribution in [3.05, 3.63) is 51.2 Å². The van der Waals surface area contributed by atoms with Crippen LogP contribution in [0.5, 0.6) is 0 Å². The number of benzene rings is 1. The molecule has 2 N–H and O–H groups in total. The molecule has 0 atom stereocenters. The zero-order valence-electron chi connectivity index (χ0n) is 15.8. The Morgan fingerprint density at radius 2 is 2.07 bits per heavy atom. The van der Waals surface area contributed by atoms with Crippen molar-refractivity contribution in [2.24, 2.45) is 4.99 Å². The van der Waals surface area contributed by atoms with Crippen molar-refractivity contribution in [1.82, 2.24) is 10.2 Å². The number of nitrogens with zero attached hydrogens (tertiary/aromatic N) is 2. The number of carbonyl (C=O) groups excluding carboxylic acids is 1. The molecule has 1 heterocycles. The maximum Gasteiger partial charge on any atom is 0.226 e. The van der Waals surface area contributed by atoms with Gasteiger partial charge in [-0.25, -0.2) is 0 Å². The minimum Gasteiger partial charge on any atom is -0.356 e. The minimum absolute atomic E-state index is 0. The van der Waals surface area contributed by atoms with Gasteiger partial charge in [-0.05, 0) is 42.5 Å². The van der Waals surface area contributed by atoms with Crippen LogP contribution in [0.25, 0.3) is 0 Å². The highest BCUT2D eigenvalue weighted by Crippen LogP contribution is 2.22. The molecule has 5 nitrogen and oxygen atoms in total. The Kier molecular flexibility index (Phi) is 10.7. The van der Waals surface area contributed by atoms with E-state index in [0.717, 1.165) is 30.2 Å². The molecular weight excluding hydrogens is 495 g/mol. The van der Waals surface area contributed by atoms with Crippen molar-refractivity contribution in [3.8, 4) is 0 Å². The maximum atomic E-state index is 12.2. The highest BCUT2D eigenvalue weighted by atomic mass is 127. The molecule has 0 fully saturated rings. The van der Waals surface area contributed by atoms with Gasteiger partial charge in [-0.15, -0.1) is 35.3 Å². The summed E-state index contributed by atoms with van der Waals surface area (Å²) in [6, 6.07) is 9.69.